The summed E-state index contributed by atoms with van der Waals surface area (Å²) in [5, 5.41) is 8.88. The van der Waals surface area contributed by atoms with E-state index in [1.54, 1.807) is 11.8 Å². The maximum Gasteiger partial charge on any atom is 0.341 e. The highest BCUT2D eigenvalue weighted by molar-refractivity contribution is 7.16. The number of aryl methyl sites for hydroxylation is 1. The summed E-state index contributed by atoms with van der Waals surface area (Å²) in [5.41, 5.74) is 1.70. The quantitative estimate of drug-likeness (QED) is 0.570. The summed E-state index contributed by atoms with van der Waals surface area (Å²) in [4.78, 5) is 39.8. The Morgan fingerprint density at radius 2 is 1.78 bits per heavy atom. The molecule has 0 unspecified atom stereocenters. The molecule has 2 aromatic rings. The molecule has 0 radical (unpaired) electrons. The van der Waals surface area contributed by atoms with E-state index in [2.05, 4.69) is 16.0 Å². The molecular formula is C22H27FN4O4S. The van der Waals surface area contributed by atoms with Crippen molar-refractivity contribution < 1.29 is 23.5 Å². The molecule has 1 aliphatic heterocycles. The van der Waals surface area contributed by atoms with Crippen molar-refractivity contribution in [2.75, 3.05) is 30.3 Å². The summed E-state index contributed by atoms with van der Waals surface area (Å²) in [6.07, 6.45) is 1.19. The van der Waals surface area contributed by atoms with Crippen LogP contribution in [0.15, 0.2) is 24.3 Å². The molecule has 1 aromatic heterocycles. The van der Waals surface area contributed by atoms with Crippen LogP contribution in [0.5, 0.6) is 0 Å². The Kier molecular flexibility index (Phi) is 7.68. The Hall–Kier alpha value is -3.14. The molecule has 1 aromatic carbocycles. The topological polar surface area (TPSA) is 99.8 Å². The van der Waals surface area contributed by atoms with Gasteiger partial charge in [-0.1, -0.05) is 0 Å². The third-order valence-corrected chi connectivity index (χ3v) is 6.43. The van der Waals surface area contributed by atoms with Gasteiger partial charge in [-0.25, -0.2) is 18.8 Å². The lowest BCUT2D eigenvalue weighted by molar-refractivity contribution is 0.0527. The zero-order valence-electron chi connectivity index (χ0n) is 18.3. The van der Waals surface area contributed by atoms with E-state index in [1.807, 2.05) is 13.8 Å². The zero-order valence-corrected chi connectivity index (χ0v) is 19.1. The predicted octanol–water partition coefficient (Wildman–Crippen LogP) is 4.50. The second-order valence-electron chi connectivity index (χ2n) is 7.50. The lowest BCUT2D eigenvalue weighted by atomic mass is 10.1. The lowest BCUT2D eigenvalue weighted by Crippen LogP contribution is -2.48. The second-order valence-corrected chi connectivity index (χ2v) is 8.73. The first-order valence-electron chi connectivity index (χ1n) is 10.4. The number of anilines is 2. The number of nitrogens with one attached hydrogen (secondary N) is 3. The van der Waals surface area contributed by atoms with Crippen molar-refractivity contribution in [3.8, 4) is 0 Å². The number of thiophene rings is 1. The van der Waals surface area contributed by atoms with Crippen LogP contribution in [0.2, 0.25) is 0 Å². The molecular weight excluding hydrogens is 435 g/mol. The Labute approximate surface area is 190 Å². The number of likely N-dealkylation sites (tertiary alicyclic amines) is 1. The molecule has 0 bridgehead atoms. The first-order valence-corrected chi connectivity index (χ1v) is 11.3. The smallest absolute Gasteiger partial charge is 0.341 e. The molecule has 172 valence electrons. The predicted molar refractivity (Wildman–Crippen MR) is 122 cm³/mol. The van der Waals surface area contributed by atoms with Gasteiger partial charge in [0.2, 0.25) is 0 Å². The molecule has 1 fully saturated rings. The number of hydrogen-bond donors (Lipinski definition) is 3. The minimum Gasteiger partial charge on any atom is -0.462 e. The highest BCUT2D eigenvalue weighted by Crippen LogP contribution is 2.33. The molecule has 8 nitrogen and oxygen atoms in total. The monoisotopic (exact) mass is 462 g/mol. The number of urea groups is 2. The van der Waals surface area contributed by atoms with Crippen LogP contribution in [-0.2, 0) is 4.74 Å². The van der Waals surface area contributed by atoms with E-state index in [9.17, 15) is 18.8 Å². The molecule has 4 amide bonds. The highest BCUT2D eigenvalue weighted by Gasteiger charge is 2.27. The van der Waals surface area contributed by atoms with E-state index in [4.69, 9.17) is 4.74 Å². The van der Waals surface area contributed by atoms with Crippen molar-refractivity contribution in [1.82, 2.24) is 10.2 Å². The van der Waals surface area contributed by atoms with Crippen LogP contribution < -0.4 is 16.0 Å². The van der Waals surface area contributed by atoms with E-state index in [-0.39, 0.29) is 30.5 Å². The second kappa shape index (κ2) is 10.4. The normalized spacial score (nSPS) is 14.1. The fourth-order valence-electron chi connectivity index (χ4n) is 3.45. The molecule has 2 heterocycles. The van der Waals surface area contributed by atoms with Crippen LogP contribution in [0.3, 0.4) is 0 Å². The molecule has 3 N–H and O–H groups in total. The maximum atomic E-state index is 13.0. The summed E-state index contributed by atoms with van der Waals surface area (Å²) in [6.45, 7) is 6.66. The van der Waals surface area contributed by atoms with Crippen LogP contribution in [0.25, 0.3) is 0 Å². The van der Waals surface area contributed by atoms with Gasteiger partial charge in [-0.15, -0.1) is 11.3 Å². The molecule has 0 atom stereocenters. The van der Waals surface area contributed by atoms with Crippen LogP contribution in [0.1, 0.15) is 40.6 Å². The number of halogens is 1. The van der Waals surface area contributed by atoms with Gasteiger partial charge in [0, 0.05) is 29.7 Å². The van der Waals surface area contributed by atoms with Crippen LogP contribution in [-0.4, -0.2) is 48.7 Å². The van der Waals surface area contributed by atoms with Gasteiger partial charge in [-0.3, -0.25) is 5.32 Å². The summed E-state index contributed by atoms with van der Waals surface area (Å²) in [5.74, 6) is -0.816. The summed E-state index contributed by atoms with van der Waals surface area (Å²) >= 11 is 1.35. The number of benzene rings is 1. The lowest BCUT2D eigenvalue weighted by Gasteiger charge is -2.32. The van der Waals surface area contributed by atoms with Crippen molar-refractivity contribution in [2.45, 2.75) is 39.7 Å². The van der Waals surface area contributed by atoms with Gasteiger partial charge in [0.15, 0.2) is 0 Å². The molecule has 10 heteroatoms. The van der Waals surface area contributed by atoms with E-state index < -0.39 is 5.97 Å². The van der Waals surface area contributed by atoms with Crippen LogP contribution >= 0.6 is 11.3 Å². The molecule has 1 saturated heterocycles. The van der Waals surface area contributed by atoms with Crippen molar-refractivity contribution in [3.05, 3.63) is 46.1 Å². The molecule has 0 saturated carbocycles. The molecule has 0 aliphatic carbocycles. The van der Waals surface area contributed by atoms with Crippen LogP contribution in [0, 0.1) is 19.7 Å². The van der Waals surface area contributed by atoms with Gasteiger partial charge in [-0.05, 0) is 63.4 Å². The van der Waals surface area contributed by atoms with Gasteiger partial charge in [0.25, 0.3) is 0 Å². The van der Waals surface area contributed by atoms with E-state index >= 15 is 0 Å². The minimum absolute atomic E-state index is 0.0826. The van der Waals surface area contributed by atoms with E-state index in [1.165, 1.54) is 35.6 Å². The first kappa shape index (κ1) is 23.5. The Bertz CT molecular complexity index is 985. The summed E-state index contributed by atoms with van der Waals surface area (Å²) in [6, 6.07) is 4.78. The number of amides is 4. The number of piperidine rings is 1. The Morgan fingerprint density at radius 3 is 2.41 bits per heavy atom. The first-order chi connectivity index (χ1) is 15.3. The number of carbonyl (C=O) groups is 3. The molecule has 1 aliphatic rings. The minimum atomic E-state index is -0.445. The van der Waals surface area contributed by atoms with Crippen molar-refractivity contribution in [2.24, 2.45) is 0 Å². The largest absolute Gasteiger partial charge is 0.462 e. The number of carbonyl (C=O) groups excluding carboxylic acids is 3. The van der Waals surface area contributed by atoms with Crippen molar-refractivity contribution in [3.63, 3.8) is 0 Å². The number of rotatable bonds is 5. The zero-order chi connectivity index (χ0) is 23.3. The van der Waals surface area contributed by atoms with Gasteiger partial charge in [0.1, 0.15) is 10.8 Å². The molecule has 0 spiro atoms. The van der Waals surface area contributed by atoms with Crippen LogP contribution in [0.4, 0.5) is 24.7 Å². The van der Waals surface area contributed by atoms with E-state index in [0.29, 0.717) is 42.2 Å². The maximum absolute atomic E-state index is 13.0. The number of hydrogen-bond acceptors (Lipinski definition) is 5. The Balaban J connectivity index is 1.51. The molecule has 32 heavy (non-hydrogen) atoms. The molecule has 3 rings (SSSR count). The third kappa shape index (κ3) is 5.76. The number of ether oxygens (including phenoxy) is 1. The van der Waals surface area contributed by atoms with Crippen molar-refractivity contribution in [1.29, 1.82) is 0 Å². The average molecular weight is 463 g/mol. The van der Waals surface area contributed by atoms with E-state index in [0.717, 1.165) is 10.4 Å². The summed E-state index contributed by atoms with van der Waals surface area (Å²) < 4.78 is 18.1. The number of esters is 1. The standard InChI is InChI=1S/C22H27FN4O4S/c1-4-31-20(28)18-13(2)14(3)32-19(18)26-22(30)27-11-9-17(10-12-27)25-21(29)24-16-7-5-15(23)6-8-16/h5-8,17H,4,9-12H2,1-3H3,(H,26,30)(H2,24,25,29). The Morgan fingerprint density at radius 1 is 1.12 bits per heavy atom. The number of nitrogens with zero attached hydrogens (tertiary/aromatic N) is 1. The summed E-state index contributed by atoms with van der Waals surface area (Å²) in [7, 11) is 0. The average Bonchev–Trinajstić information content (AvgIpc) is 3.03. The van der Waals surface area contributed by atoms with Crippen molar-refractivity contribution >= 4 is 40.1 Å². The fourth-order valence-corrected chi connectivity index (χ4v) is 4.49. The van der Waals surface area contributed by atoms with Gasteiger partial charge >= 0.3 is 18.0 Å². The van der Waals surface area contributed by atoms with Gasteiger partial charge in [-0.2, -0.15) is 0 Å². The fraction of sp³-hybridized carbons (Fsp3) is 0.409. The van der Waals surface area contributed by atoms with Gasteiger partial charge in [0.05, 0.1) is 12.2 Å². The van der Waals surface area contributed by atoms with Gasteiger partial charge < -0.3 is 20.3 Å². The highest BCUT2D eigenvalue weighted by atomic mass is 32.1. The third-order valence-electron chi connectivity index (χ3n) is 5.30. The SMILES string of the molecule is CCOC(=O)c1c(NC(=O)N2CCC(NC(=O)Nc3ccc(F)cc3)CC2)sc(C)c1C.